The lowest BCUT2D eigenvalue weighted by Gasteiger charge is -2.01. The van der Waals surface area contributed by atoms with Gasteiger partial charge in [0.15, 0.2) is 0 Å². The molecule has 0 saturated heterocycles. The summed E-state index contributed by atoms with van der Waals surface area (Å²) in [5.74, 6) is 1.89. The average molecular weight is 233 g/mol. The van der Waals surface area contributed by atoms with Crippen molar-refractivity contribution in [3.8, 4) is 0 Å². The molecule has 0 aliphatic carbocycles. The van der Waals surface area contributed by atoms with Crippen molar-refractivity contribution in [2.24, 2.45) is 0 Å². The van der Waals surface area contributed by atoms with Crippen molar-refractivity contribution in [1.29, 1.82) is 0 Å². The number of hydrogen-bond donors (Lipinski definition) is 0. The predicted octanol–water partition coefficient (Wildman–Crippen LogP) is 4.00. The molecular formula is C14H23N3. The molecule has 0 spiro atoms. The van der Waals surface area contributed by atoms with Crippen molar-refractivity contribution in [2.45, 2.75) is 53.4 Å². The normalized spacial score (nSPS) is 10.8. The Morgan fingerprint density at radius 3 is 2.24 bits per heavy atom. The van der Waals surface area contributed by atoms with E-state index in [-0.39, 0.29) is 0 Å². The largest absolute Gasteiger partial charge is 0.235 e. The van der Waals surface area contributed by atoms with Crippen LogP contribution in [-0.2, 0) is 0 Å². The van der Waals surface area contributed by atoms with Crippen molar-refractivity contribution in [3.63, 3.8) is 0 Å². The number of rotatable bonds is 2. The lowest BCUT2D eigenvalue weighted by Crippen LogP contribution is -1.99. The standard InChI is InChI=1S/C12H17N3.C2H6/c1-8(2)11-10-6-5-7-13-15(10)12(14-11)9(3)4;1-2/h5-9H,1-4H3;1-2H3. The van der Waals surface area contributed by atoms with Crippen LogP contribution in [0.1, 0.15) is 64.9 Å². The summed E-state index contributed by atoms with van der Waals surface area (Å²) in [6.07, 6.45) is 1.81. The van der Waals surface area contributed by atoms with Gasteiger partial charge in [0.2, 0.25) is 0 Å². The fraction of sp³-hybridized carbons (Fsp3) is 0.571. The monoisotopic (exact) mass is 233 g/mol. The second-order valence-electron chi connectivity index (χ2n) is 4.49. The van der Waals surface area contributed by atoms with Gasteiger partial charge in [-0.2, -0.15) is 5.10 Å². The zero-order chi connectivity index (χ0) is 13.0. The molecule has 17 heavy (non-hydrogen) atoms. The summed E-state index contributed by atoms with van der Waals surface area (Å²) in [5, 5.41) is 4.36. The molecule has 0 amide bonds. The zero-order valence-electron chi connectivity index (χ0n) is 11.7. The zero-order valence-corrected chi connectivity index (χ0v) is 11.7. The van der Waals surface area contributed by atoms with Gasteiger partial charge < -0.3 is 0 Å². The molecule has 0 radical (unpaired) electrons. The first kappa shape index (κ1) is 13.7. The molecule has 0 bridgehead atoms. The topological polar surface area (TPSA) is 30.2 Å². The van der Waals surface area contributed by atoms with Gasteiger partial charge in [-0.15, -0.1) is 0 Å². The van der Waals surface area contributed by atoms with Gasteiger partial charge >= 0.3 is 0 Å². The molecule has 3 nitrogen and oxygen atoms in total. The van der Waals surface area contributed by atoms with E-state index < -0.39 is 0 Å². The predicted molar refractivity (Wildman–Crippen MR) is 72.5 cm³/mol. The Morgan fingerprint density at radius 2 is 1.71 bits per heavy atom. The van der Waals surface area contributed by atoms with Gasteiger partial charge in [0.05, 0.1) is 11.2 Å². The highest BCUT2D eigenvalue weighted by Gasteiger charge is 2.15. The minimum atomic E-state index is 0.403. The van der Waals surface area contributed by atoms with Crippen LogP contribution in [0.25, 0.3) is 5.52 Å². The average Bonchev–Trinajstić information content (AvgIpc) is 2.71. The Bertz CT molecular complexity index is 427. The smallest absolute Gasteiger partial charge is 0.133 e. The Hall–Kier alpha value is -1.38. The molecule has 0 unspecified atom stereocenters. The van der Waals surface area contributed by atoms with Gasteiger partial charge in [0.25, 0.3) is 0 Å². The third-order valence-corrected chi connectivity index (χ3v) is 2.53. The second-order valence-corrected chi connectivity index (χ2v) is 4.49. The van der Waals surface area contributed by atoms with E-state index >= 15 is 0 Å². The first-order chi connectivity index (χ1) is 8.11. The number of hydrogen-bond acceptors (Lipinski definition) is 2. The van der Waals surface area contributed by atoms with E-state index in [0.29, 0.717) is 11.8 Å². The molecule has 0 N–H and O–H groups in total. The molecule has 0 aromatic carbocycles. The molecule has 2 rings (SSSR count). The molecular weight excluding hydrogens is 210 g/mol. The van der Waals surface area contributed by atoms with Crippen LogP contribution < -0.4 is 0 Å². The van der Waals surface area contributed by atoms with Crippen LogP contribution >= 0.6 is 0 Å². The van der Waals surface area contributed by atoms with Crippen molar-refractivity contribution < 1.29 is 0 Å². The molecule has 0 saturated carbocycles. The number of imidazole rings is 1. The molecule has 2 aromatic rings. The Morgan fingerprint density at radius 1 is 1.06 bits per heavy atom. The van der Waals surface area contributed by atoms with E-state index in [2.05, 4.69) is 43.8 Å². The third-order valence-electron chi connectivity index (χ3n) is 2.53. The molecule has 0 atom stereocenters. The van der Waals surface area contributed by atoms with E-state index in [0.717, 1.165) is 17.0 Å². The van der Waals surface area contributed by atoms with E-state index in [9.17, 15) is 0 Å². The molecule has 3 heteroatoms. The SMILES string of the molecule is CC.CC(C)c1nc(C(C)C)n2ncccc12. The van der Waals surface area contributed by atoms with Crippen molar-refractivity contribution in [1.82, 2.24) is 14.6 Å². The fourth-order valence-corrected chi connectivity index (χ4v) is 1.78. The highest BCUT2D eigenvalue weighted by molar-refractivity contribution is 5.53. The van der Waals surface area contributed by atoms with E-state index in [1.54, 1.807) is 0 Å². The maximum Gasteiger partial charge on any atom is 0.133 e. The maximum absolute atomic E-state index is 4.69. The number of fused-ring (bicyclic) bond motifs is 1. The van der Waals surface area contributed by atoms with Crippen LogP contribution in [0.5, 0.6) is 0 Å². The number of nitrogens with zero attached hydrogens (tertiary/aromatic N) is 3. The van der Waals surface area contributed by atoms with Gasteiger partial charge in [-0.3, -0.25) is 0 Å². The Kier molecular flexibility index (Phi) is 4.67. The summed E-state index contributed by atoms with van der Waals surface area (Å²) in [4.78, 5) is 4.69. The highest BCUT2D eigenvalue weighted by atomic mass is 15.3. The highest BCUT2D eigenvalue weighted by Crippen LogP contribution is 2.23. The quantitative estimate of drug-likeness (QED) is 0.784. The molecule has 0 aliphatic heterocycles. The molecule has 94 valence electrons. The summed E-state index contributed by atoms with van der Waals surface area (Å²) in [6.45, 7) is 12.6. The van der Waals surface area contributed by atoms with Gasteiger partial charge in [-0.25, -0.2) is 9.50 Å². The molecule has 0 aliphatic rings. The van der Waals surface area contributed by atoms with Crippen LogP contribution in [0.2, 0.25) is 0 Å². The first-order valence-corrected chi connectivity index (χ1v) is 6.44. The first-order valence-electron chi connectivity index (χ1n) is 6.44. The van der Waals surface area contributed by atoms with E-state index in [1.807, 2.05) is 30.6 Å². The molecule has 2 heterocycles. The van der Waals surface area contributed by atoms with Crippen molar-refractivity contribution in [2.75, 3.05) is 0 Å². The maximum atomic E-state index is 4.69. The van der Waals surface area contributed by atoms with Gasteiger partial charge in [-0.05, 0) is 18.1 Å². The van der Waals surface area contributed by atoms with E-state index in [1.165, 1.54) is 0 Å². The van der Waals surface area contributed by atoms with Crippen LogP contribution in [-0.4, -0.2) is 14.6 Å². The summed E-state index contributed by atoms with van der Waals surface area (Å²) in [6, 6.07) is 4.05. The van der Waals surface area contributed by atoms with Gasteiger partial charge in [-0.1, -0.05) is 41.5 Å². The van der Waals surface area contributed by atoms with Crippen molar-refractivity contribution in [3.05, 3.63) is 29.8 Å². The van der Waals surface area contributed by atoms with Gasteiger partial charge in [0, 0.05) is 12.1 Å². The summed E-state index contributed by atoms with van der Waals surface area (Å²) < 4.78 is 1.96. The Balaban J connectivity index is 0.000000686. The fourth-order valence-electron chi connectivity index (χ4n) is 1.78. The van der Waals surface area contributed by atoms with Gasteiger partial charge in [0.1, 0.15) is 5.82 Å². The van der Waals surface area contributed by atoms with Crippen LogP contribution in [0.3, 0.4) is 0 Å². The van der Waals surface area contributed by atoms with Crippen LogP contribution in [0.15, 0.2) is 18.3 Å². The van der Waals surface area contributed by atoms with Crippen molar-refractivity contribution >= 4 is 5.52 Å². The summed E-state index contributed by atoms with van der Waals surface area (Å²) >= 11 is 0. The minimum Gasteiger partial charge on any atom is -0.235 e. The van der Waals surface area contributed by atoms with E-state index in [4.69, 9.17) is 0 Å². The van der Waals surface area contributed by atoms with Crippen LogP contribution in [0.4, 0.5) is 0 Å². The molecule has 2 aromatic heterocycles. The van der Waals surface area contributed by atoms with Crippen LogP contribution in [0, 0.1) is 0 Å². The lowest BCUT2D eigenvalue weighted by atomic mass is 10.1. The summed E-state index contributed by atoms with van der Waals surface area (Å²) in [5.41, 5.74) is 2.28. The molecule has 0 fully saturated rings. The summed E-state index contributed by atoms with van der Waals surface area (Å²) in [7, 11) is 0. The Labute approximate surface area is 104 Å². The third kappa shape index (κ3) is 2.65. The number of aromatic nitrogens is 3. The second kappa shape index (κ2) is 5.80. The minimum absolute atomic E-state index is 0.403. The lowest BCUT2D eigenvalue weighted by molar-refractivity contribution is 0.720.